The molecule has 2 aromatic carbocycles. The number of aryl methyl sites for hydroxylation is 2. The Morgan fingerprint density at radius 3 is 2.36 bits per heavy atom. The van der Waals surface area contributed by atoms with Crippen LogP contribution in [0.2, 0.25) is 0 Å². The van der Waals surface area contributed by atoms with Crippen molar-refractivity contribution < 1.29 is 14.4 Å². The highest BCUT2D eigenvalue weighted by molar-refractivity contribution is 8.00. The fraction of sp³-hybridized carbons (Fsp3) is 0.160. The van der Waals surface area contributed by atoms with E-state index in [9.17, 15) is 14.4 Å². The average molecular weight is 474 g/mol. The Balaban J connectivity index is 1.38. The van der Waals surface area contributed by atoms with Crippen LogP contribution in [0.5, 0.6) is 0 Å². The van der Waals surface area contributed by atoms with Crippen LogP contribution >= 0.6 is 23.1 Å². The number of aromatic nitrogens is 2. The fourth-order valence-corrected chi connectivity index (χ4v) is 5.92. The highest BCUT2D eigenvalue weighted by Crippen LogP contribution is 2.36. The number of anilines is 1. The lowest BCUT2D eigenvalue weighted by Crippen LogP contribution is -2.24. The molecule has 1 atom stereocenters. The van der Waals surface area contributed by atoms with E-state index >= 15 is 0 Å². The van der Waals surface area contributed by atoms with Crippen LogP contribution in [-0.2, 0) is 4.79 Å². The molecule has 1 N–H and O–H groups in total. The molecule has 0 bridgehead atoms. The Bertz CT molecular complexity index is 1480. The smallest absolute Gasteiger partial charge is 0.237 e. The van der Waals surface area contributed by atoms with Gasteiger partial charge in [0.1, 0.15) is 16.2 Å². The first kappa shape index (κ1) is 21.5. The van der Waals surface area contributed by atoms with Gasteiger partial charge in [0.25, 0.3) is 0 Å². The molecule has 0 saturated heterocycles. The first-order valence-electron chi connectivity index (χ1n) is 10.4. The number of ketones is 2. The van der Waals surface area contributed by atoms with Crippen LogP contribution in [0, 0.1) is 13.8 Å². The molecule has 1 amide bonds. The molecule has 0 fully saturated rings. The number of thioether (sulfide) groups is 1. The average Bonchev–Trinajstić information content (AvgIpc) is 3.11. The van der Waals surface area contributed by atoms with Gasteiger partial charge in [0.15, 0.2) is 11.6 Å². The largest absolute Gasteiger partial charge is 0.325 e. The number of benzene rings is 2. The van der Waals surface area contributed by atoms with Gasteiger partial charge in [0, 0.05) is 38.2 Å². The lowest BCUT2D eigenvalue weighted by Gasteiger charge is -2.18. The molecule has 33 heavy (non-hydrogen) atoms. The number of fused-ring (bicyclic) bond motifs is 3. The predicted octanol–water partition coefficient (Wildman–Crippen LogP) is 5.20. The van der Waals surface area contributed by atoms with E-state index in [1.807, 2.05) is 20.8 Å². The lowest BCUT2D eigenvalue weighted by molar-refractivity contribution is -0.115. The minimum Gasteiger partial charge on any atom is -0.325 e. The molecule has 1 aliphatic rings. The molecule has 0 unspecified atom stereocenters. The van der Waals surface area contributed by atoms with E-state index in [4.69, 9.17) is 0 Å². The summed E-state index contributed by atoms with van der Waals surface area (Å²) in [5.41, 5.74) is 3.05. The van der Waals surface area contributed by atoms with Crippen LogP contribution in [0.15, 0.2) is 53.8 Å². The number of thiophene rings is 1. The number of hydrogen-bond donors (Lipinski definition) is 1. The third-order valence-corrected chi connectivity index (χ3v) is 8.00. The number of hydrogen-bond acceptors (Lipinski definition) is 7. The molecule has 0 saturated carbocycles. The lowest BCUT2D eigenvalue weighted by atomic mass is 9.84. The van der Waals surface area contributed by atoms with Crippen molar-refractivity contribution in [2.75, 3.05) is 5.32 Å². The molecule has 0 aliphatic heterocycles. The van der Waals surface area contributed by atoms with Gasteiger partial charge in [-0.25, -0.2) is 9.97 Å². The first-order valence-corrected chi connectivity index (χ1v) is 12.1. The van der Waals surface area contributed by atoms with Crippen LogP contribution in [0.1, 0.15) is 49.2 Å². The molecule has 8 heteroatoms. The monoisotopic (exact) mass is 473 g/mol. The van der Waals surface area contributed by atoms with Gasteiger partial charge < -0.3 is 5.32 Å². The normalized spacial score (nSPS) is 13.5. The minimum atomic E-state index is -0.434. The second-order valence-electron chi connectivity index (χ2n) is 7.86. The Hall–Kier alpha value is -3.36. The highest BCUT2D eigenvalue weighted by Gasteiger charge is 2.29. The molecular formula is C25H19N3O3S2. The summed E-state index contributed by atoms with van der Waals surface area (Å²) < 4.78 is 0. The van der Waals surface area contributed by atoms with Gasteiger partial charge in [0.2, 0.25) is 5.91 Å². The van der Waals surface area contributed by atoms with Crippen molar-refractivity contribution in [2.24, 2.45) is 0 Å². The zero-order valence-electron chi connectivity index (χ0n) is 18.1. The minimum absolute atomic E-state index is 0.184. The number of amides is 1. The Labute approximate surface area is 198 Å². The van der Waals surface area contributed by atoms with Gasteiger partial charge in [0.05, 0.1) is 5.25 Å². The highest BCUT2D eigenvalue weighted by atomic mass is 32.2. The van der Waals surface area contributed by atoms with Crippen molar-refractivity contribution in [3.8, 4) is 0 Å². The van der Waals surface area contributed by atoms with Crippen LogP contribution in [0.3, 0.4) is 0 Å². The third kappa shape index (κ3) is 3.65. The van der Waals surface area contributed by atoms with E-state index in [1.165, 1.54) is 23.0 Å². The summed E-state index contributed by atoms with van der Waals surface area (Å²) >= 11 is 2.99. The number of nitrogens with one attached hydrogen (secondary N) is 1. The Kier molecular flexibility index (Phi) is 5.34. The Morgan fingerprint density at radius 1 is 0.970 bits per heavy atom. The van der Waals surface area contributed by atoms with Gasteiger partial charge in [-0.1, -0.05) is 36.0 Å². The summed E-state index contributed by atoms with van der Waals surface area (Å²) in [5.74, 6) is -0.618. The number of carbonyl (C=O) groups is 3. The maximum atomic E-state index is 12.9. The van der Waals surface area contributed by atoms with E-state index in [0.29, 0.717) is 27.9 Å². The molecule has 2 aromatic heterocycles. The van der Waals surface area contributed by atoms with Gasteiger partial charge in [-0.3, -0.25) is 14.4 Å². The van der Waals surface area contributed by atoms with Gasteiger partial charge in [-0.05, 0) is 44.5 Å². The quantitative estimate of drug-likeness (QED) is 0.285. The van der Waals surface area contributed by atoms with Crippen molar-refractivity contribution in [1.82, 2.24) is 9.97 Å². The summed E-state index contributed by atoms with van der Waals surface area (Å²) in [6.45, 7) is 5.90. The van der Waals surface area contributed by atoms with Crippen LogP contribution in [0.4, 0.5) is 5.69 Å². The maximum Gasteiger partial charge on any atom is 0.237 e. The van der Waals surface area contributed by atoms with Crippen LogP contribution in [0.25, 0.3) is 10.2 Å². The third-order valence-electron chi connectivity index (χ3n) is 5.78. The number of carbonyl (C=O) groups excluding carboxylic acids is 3. The number of nitrogens with zero attached hydrogens (tertiary/aromatic N) is 2. The summed E-state index contributed by atoms with van der Waals surface area (Å²) in [4.78, 5) is 49.5. The van der Waals surface area contributed by atoms with E-state index in [1.54, 1.807) is 53.8 Å². The van der Waals surface area contributed by atoms with Crippen LogP contribution < -0.4 is 5.32 Å². The first-order chi connectivity index (χ1) is 15.8. The van der Waals surface area contributed by atoms with Crippen LogP contribution in [-0.4, -0.2) is 32.7 Å². The topological polar surface area (TPSA) is 89.0 Å². The molecule has 4 aromatic rings. The van der Waals surface area contributed by atoms with Crippen molar-refractivity contribution in [3.63, 3.8) is 0 Å². The summed E-state index contributed by atoms with van der Waals surface area (Å²) in [7, 11) is 0. The molecule has 2 heterocycles. The Morgan fingerprint density at radius 2 is 1.64 bits per heavy atom. The zero-order valence-corrected chi connectivity index (χ0v) is 19.8. The van der Waals surface area contributed by atoms with Crippen molar-refractivity contribution in [3.05, 3.63) is 81.5 Å². The molecule has 6 nitrogen and oxygen atoms in total. The van der Waals surface area contributed by atoms with Gasteiger partial charge in [-0.15, -0.1) is 11.3 Å². The van der Waals surface area contributed by atoms with E-state index in [2.05, 4.69) is 15.3 Å². The van der Waals surface area contributed by atoms with Crippen molar-refractivity contribution in [1.29, 1.82) is 0 Å². The van der Waals surface area contributed by atoms with E-state index in [0.717, 1.165) is 20.8 Å². The molecule has 0 radical (unpaired) electrons. The molecule has 5 rings (SSSR count). The van der Waals surface area contributed by atoms with E-state index in [-0.39, 0.29) is 17.5 Å². The SMILES string of the molecule is Cc1sc2ncnc(S[C@@H](C)C(=O)Nc3ccc4c(c3)C(=O)c3ccccc3C4=O)c2c1C. The molecule has 0 spiro atoms. The van der Waals surface area contributed by atoms with Gasteiger partial charge in [-0.2, -0.15) is 0 Å². The van der Waals surface area contributed by atoms with Gasteiger partial charge >= 0.3 is 0 Å². The van der Waals surface area contributed by atoms with Crippen molar-refractivity contribution >= 4 is 56.5 Å². The predicted molar refractivity (Wildman–Crippen MR) is 131 cm³/mol. The zero-order chi connectivity index (χ0) is 23.3. The summed E-state index contributed by atoms with van der Waals surface area (Å²) in [5, 5.41) is 4.20. The fourth-order valence-electron chi connectivity index (χ4n) is 3.88. The number of rotatable bonds is 4. The summed E-state index contributed by atoms with van der Waals surface area (Å²) in [6, 6.07) is 11.6. The summed E-state index contributed by atoms with van der Waals surface area (Å²) in [6.07, 6.45) is 1.52. The second-order valence-corrected chi connectivity index (χ2v) is 10.4. The second kappa shape index (κ2) is 8.20. The van der Waals surface area contributed by atoms with E-state index < -0.39 is 5.25 Å². The van der Waals surface area contributed by atoms with Crippen molar-refractivity contribution in [2.45, 2.75) is 31.0 Å². The molecule has 1 aliphatic carbocycles. The maximum absolute atomic E-state index is 12.9. The molecular weight excluding hydrogens is 454 g/mol. The standard InChI is InChI=1S/C25H19N3O3S2/c1-12-13(2)32-24-20(12)25(27-11-26-24)33-14(3)23(31)28-15-8-9-18-19(10-15)22(30)17-7-5-4-6-16(17)21(18)29/h4-11,14H,1-3H3,(H,28,31)/t14-/m0/s1. The molecule has 164 valence electrons.